The number of carbonyl (C=O) groups is 1. The highest BCUT2D eigenvalue weighted by molar-refractivity contribution is 5.87. The van der Waals surface area contributed by atoms with E-state index in [1.165, 1.54) is 5.56 Å². The molecule has 1 N–H and O–H groups in total. The van der Waals surface area contributed by atoms with Crippen molar-refractivity contribution in [2.24, 2.45) is 0 Å². The predicted molar refractivity (Wildman–Crippen MR) is 124 cm³/mol. The third-order valence-corrected chi connectivity index (χ3v) is 5.14. The van der Waals surface area contributed by atoms with Crippen LogP contribution in [-0.2, 0) is 0 Å². The number of nitrogens with zero attached hydrogens (tertiary/aromatic N) is 1. The summed E-state index contributed by atoms with van der Waals surface area (Å²) in [5.74, 6) is 2.30. The molecule has 3 aromatic carbocycles. The van der Waals surface area contributed by atoms with Gasteiger partial charge in [0, 0.05) is 11.6 Å². The zero-order valence-electron chi connectivity index (χ0n) is 17.7. The van der Waals surface area contributed by atoms with Crippen LogP contribution in [0.25, 0.3) is 6.08 Å². The van der Waals surface area contributed by atoms with E-state index in [0.29, 0.717) is 23.1 Å². The first-order valence-electron chi connectivity index (χ1n) is 10.4. The zero-order valence-corrected chi connectivity index (χ0v) is 17.7. The van der Waals surface area contributed by atoms with Crippen LogP contribution in [0.1, 0.15) is 23.5 Å². The monoisotopic (exact) mass is 414 g/mol. The van der Waals surface area contributed by atoms with Crippen molar-refractivity contribution in [3.05, 3.63) is 90.0 Å². The molecule has 0 saturated carbocycles. The Morgan fingerprint density at radius 1 is 0.935 bits per heavy atom. The van der Waals surface area contributed by atoms with E-state index in [1.807, 2.05) is 42.5 Å². The number of fused-ring (bicyclic) bond motifs is 1. The average Bonchev–Trinajstić information content (AvgIpc) is 3.16. The van der Waals surface area contributed by atoms with Crippen molar-refractivity contribution < 1.29 is 14.3 Å². The quantitative estimate of drug-likeness (QED) is 0.504. The van der Waals surface area contributed by atoms with E-state index < -0.39 is 6.09 Å². The number of carbonyl (C=O) groups excluding carboxylic acids is 1. The fraction of sp³-hybridized carbons (Fsp3) is 0.192. The Bertz CT molecular complexity index is 1060. The van der Waals surface area contributed by atoms with Crippen LogP contribution in [0.2, 0.25) is 0 Å². The molecular formula is C26H26N2O3. The highest BCUT2D eigenvalue weighted by Gasteiger charge is 2.18. The lowest BCUT2D eigenvalue weighted by molar-refractivity contribution is 0.215. The van der Waals surface area contributed by atoms with Gasteiger partial charge in [0.25, 0.3) is 0 Å². The number of hydrogen-bond acceptors (Lipinski definition) is 4. The van der Waals surface area contributed by atoms with Crippen molar-refractivity contribution in [1.29, 1.82) is 0 Å². The van der Waals surface area contributed by atoms with Gasteiger partial charge in [-0.25, -0.2) is 4.79 Å². The van der Waals surface area contributed by atoms with Crippen LogP contribution in [0, 0.1) is 0 Å². The van der Waals surface area contributed by atoms with E-state index in [9.17, 15) is 4.79 Å². The number of anilines is 1. The second-order valence-electron chi connectivity index (χ2n) is 7.80. The Hall–Kier alpha value is -3.57. The Morgan fingerprint density at radius 2 is 1.65 bits per heavy atom. The summed E-state index contributed by atoms with van der Waals surface area (Å²) in [5.41, 5.74) is 3.16. The highest BCUT2D eigenvalue weighted by Crippen LogP contribution is 2.34. The van der Waals surface area contributed by atoms with Gasteiger partial charge in [0.1, 0.15) is 17.2 Å². The topological polar surface area (TPSA) is 50.8 Å². The van der Waals surface area contributed by atoms with Gasteiger partial charge < -0.3 is 14.4 Å². The van der Waals surface area contributed by atoms with E-state index in [1.54, 1.807) is 24.3 Å². The average molecular weight is 415 g/mol. The number of para-hydroxylation sites is 1. The van der Waals surface area contributed by atoms with Gasteiger partial charge in [-0.15, -0.1) is 0 Å². The van der Waals surface area contributed by atoms with Gasteiger partial charge in [0.15, 0.2) is 0 Å². The Labute approximate surface area is 182 Å². The van der Waals surface area contributed by atoms with Crippen LogP contribution in [0.4, 0.5) is 10.5 Å². The minimum atomic E-state index is -0.525. The van der Waals surface area contributed by atoms with Gasteiger partial charge in [-0.05, 0) is 86.7 Å². The lowest BCUT2D eigenvalue weighted by Crippen LogP contribution is -2.17. The molecule has 0 radical (unpaired) electrons. The summed E-state index contributed by atoms with van der Waals surface area (Å²) in [6.07, 6.45) is 4.91. The van der Waals surface area contributed by atoms with Crippen molar-refractivity contribution >= 4 is 17.9 Å². The molecule has 0 heterocycles. The van der Waals surface area contributed by atoms with Crippen molar-refractivity contribution in [2.75, 3.05) is 26.0 Å². The van der Waals surface area contributed by atoms with Gasteiger partial charge in [-0.2, -0.15) is 0 Å². The minimum absolute atomic E-state index is 0.426. The number of ether oxygens (including phenoxy) is 2. The van der Waals surface area contributed by atoms with Gasteiger partial charge >= 0.3 is 6.09 Å². The van der Waals surface area contributed by atoms with Crippen molar-refractivity contribution in [2.45, 2.75) is 12.3 Å². The molecule has 3 aromatic rings. The number of allylic oxidation sites excluding steroid dienone is 1. The molecule has 1 atom stereocenters. The maximum atomic E-state index is 12.3. The van der Waals surface area contributed by atoms with Crippen LogP contribution < -0.4 is 14.8 Å². The molecule has 5 heteroatoms. The lowest BCUT2D eigenvalue weighted by atomic mass is 9.97. The smallest absolute Gasteiger partial charge is 0.417 e. The van der Waals surface area contributed by atoms with Crippen LogP contribution in [0.3, 0.4) is 0 Å². The second kappa shape index (κ2) is 9.49. The van der Waals surface area contributed by atoms with Crippen molar-refractivity contribution in [1.82, 2.24) is 4.90 Å². The van der Waals surface area contributed by atoms with Gasteiger partial charge in [-0.3, -0.25) is 5.32 Å². The third kappa shape index (κ3) is 5.53. The number of benzene rings is 3. The molecule has 0 spiro atoms. The first kappa shape index (κ1) is 20.7. The Morgan fingerprint density at radius 3 is 2.39 bits per heavy atom. The zero-order chi connectivity index (χ0) is 21.6. The molecule has 1 aliphatic rings. The molecule has 0 saturated heterocycles. The molecule has 0 fully saturated rings. The minimum Gasteiger partial charge on any atom is -0.457 e. The number of rotatable bonds is 7. The van der Waals surface area contributed by atoms with Crippen LogP contribution >= 0.6 is 0 Å². The molecule has 0 aromatic heterocycles. The number of amides is 1. The fourth-order valence-corrected chi connectivity index (χ4v) is 3.56. The van der Waals surface area contributed by atoms with E-state index in [4.69, 9.17) is 9.47 Å². The molecule has 1 aliphatic carbocycles. The molecule has 1 amide bonds. The SMILES string of the molecule is CN(C)CCC1C=Cc2cc(NC(=O)Oc3ccc(Oc4ccccc4)cc3)ccc21. The third-order valence-electron chi connectivity index (χ3n) is 5.14. The summed E-state index contributed by atoms with van der Waals surface area (Å²) in [7, 11) is 4.17. The van der Waals surface area contributed by atoms with Crippen molar-refractivity contribution in [3.8, 4) is 17.2 Å². The molecule has 158 valence electrons. The second-order valence-corrected chi connectivity index (χ2v) is 7.80. The van der Waals surface area contributed by atoms with Crippen LogP contribution in [0.5, 0.6) is 17.2 Å². The van der Waals surface area contributed by atoms with E-state index in [0.717, 1.165) is 24.3 Å². The summed E-state index contributed by atoms with van der Waals surface area (Å²) in [5, 5.41) is 2.81. The number of nitrogens with one attached hydrogen (secondary N) is 1. The summed E-state index contributed by atoms with van der Waals surface area (Å²) >= 11 is 0. The molecule has 1 unspecified atom stereocenters. The summed E-state index contributed by atoms with van der Waals surface area (Å²) in [4.78, 5) is 14.5. The molecule has 31 heavy (non-hydrogen) atoms. The normalized spacial score (nSPS) is 14.4. The first-order valence-corrected chi connectivity index (χ1v) is 10.4. The van der Waals surface area contributed by atoms with E-state index in [2.05, 4.69) is 42.5 Å². The standard InChI is InChI=1S/C26H26N2O3/c1-28(2)17-16-19-8-9-20-18-21(10-15-25(19)20)27-26(29)31-24-13-11-23(12-14-24)30-22-6-4-3-5-7-22/h3-15,18-19H,16-17H2,1-2H3,(H,27,29). The van der Waals surface area contributed by atoms with Gasteiger partial charge in [-0.1, -0.05) is 36.4 Å². The largest absolute Gasteiger partial charge is 0.457 e. The lowest BCUT2D eigenvalue weighted by Gasteiger charge is -2.15. The number of hydrogen-bond donors (Lipinski definition) is 1. The molecular weight excluding hydrogens is 388 g/mol. The van der Waals surface area contributed by atoms with Crippen LogP contribution in [-0.4, -0.2) is 31.6 Å². The Kier molecular flexibility index (Phi) is 6.34. The maximum Gasteiger partial charge on any atom is 0.417 e. The molecule has 0 aliphatic heterocycles. The Balaban J connectivity index is 1.32. The fourth-order valence-electron chi connectivity index (χ4n) is 3.56. The van der Waals surface area contributed by atoms with E-state index in [-0.39, 0.29) is 0 Å². The van der Waals surface area contributed by atoms with Gasteiger partial charge in [0.2, 0.25) is 0 Å². The molecule has 4 rings (SSSR count). The maximum absolute atomic E-state index is 12.3. The van der Waals surface area contributed by atoms with Gasteiger partial charge in [0.05, 0.1) is 0 Å². The summed E-state index contributed by atoms with van der Waals surface area (Å²) < 4.78 is 11.2. The molecule has 5 nitrogen and oxygen atoms in total. The summed E-state index contributed by atoms with van der Waals surface area (Å²) in [6.45, 7) is 1.04. The first-order chi connectivity index (χ1) is 15.1. The van der Waals surface area contributed by atoms with E-state index >= 15 is 0 Å². The van der Waals surface area contributed by atoms with Crippen LogP contribution in [0.15, 0.2) is 78.9 Å². The highest BCUT2D eigenvalue weighted by atomic mass is 16.6. The predicted octanol–water partition coefficient (Wildman–Crippen LogP) is 6.15. The molecule has 0 bridgehead atoms. The van der Waals surface area contributed by atoms with Crippen molar-refractivity contribution in [3.63, 3.8) is 0 Å². The summed E-state index contributed by atoms with van der Waals surface area (Å²) in [6, 6.07) is 22.5.